The van der Waals surface area contributed by atoms with E-state index >= 15 is 0 Å². The number of amides is 1. The molecule has 0 saturated carbocycles. The summed E-state index contributed by atoms with van der Waals surface area (Å²) in [4.78, 5) is 19.0. The molecular formula is C19H21N3O. The second-order valence-electron chi connectivity index (χ2n) is 5.96. The van der Waals surface area contributed by atoms with Gasteiger partial charge in [0.2, 0.25) is 5.91 Å². The Hall–Kier alpha value is -2.62. The largest absolute Gasteiger partial charge is 0.334 e. The Morgan fingerprint density at radius 3 is 2.52 bits per heavy atom. The molecule has 3 rings (SSSR count). The molecule has 2 aromatic carbocycles. The number of nitrogens with zero attached hydrogens (tertiary/aromatic N) is 3. The maximum absolute atomic E-state index is 12.8. The van der Waals surface area contributed by atoms with Crippen molar-refractivity contribution in [3.05, 3.63) is 66.5 Å². The van der Waals surface area contributed by atoms with Gasteiger partial charge in [-0.3, -0.25) is 4.79 Å². The van der Waals surface area contributed by atoms with E-state index in [1.807, 2.05) is 65.8 Å². The van der Waals surface area contributed by atoms with Crippen molar-refractivity contribution in [3.63, 3.8) is 0 Å². The van der Waals surface area contributed by atoms with Crippen molar-refractivity contribution in [1.82, 2.24) is 14.5 Å². The van der Waals surface area contributed by atoms with Crippen LogP contribution in [0.2, 0.25) is 0 Å². The fourth-order valence-electron chi connectivity index (χ4n) is 2.71. The Balaban J connectivity index is 1.79. The smallest absolute Gasteiger partial charge is 0.243 e. The van der Waals surface area contributed by atoms with Crippen LogP contribution in [0.3, 0.4) is 0 Å². The van der Waals surface area contributed by atoms with E-state index in [4.69, 9.17) is 0 Å². The lowest BCUT2D eigenvalue weighted by atomic mass is 10.2. The van der Waals surface area contributed by atoms with Gasteiger partial charge in [-0.2, -0.15) is 0 Å². The standard InChI is InChI=1S/C19H21N3O/c1-15(2)22(12-16-8-4-3-5-9-16)19(23)13-21-14-20-17-10-6-7-11-18(17)21/h3-11,14-15H,12-13H2,1-2H3. The average Bonchev–Trinajstić information content (AvgIpc) is 2.96. The van der Waals surface area contributed by atoms with Gasteiger partial charge in [-0.15, -0.1) is 0 Å². The molecule has 1 amide bonds. The molecule has 0 aliphatic rings. The van der Waals surface area contributed by atoms with Crippen LogP contribution in [-0.2, 0) is 17.9 Å². The van der Waals surface area contributed by atoms with Crippen molar-refractivity contribution >= 4 is 16.9 Å². The Bertz CT molecular complexity index is 792. The monoisotopic (exact) mass is 307 g/mol. The molecule has 1 aromatic heterocycles. The predicted molar refractivity (Wildman–Crippen MR) is 91.9 cm³/mol. The normalized spacial score (nSPS) is 11.1. The molecule has 0 aliphatic carbocycles. The third-order valence-corrected chi connectivity index (χ3v) is 3.97. The molecule has 1 heterocycles. The van der Waals surface area contributed by atoms with Crippen molar-refractivity contribution in [2.24, 2.45) is 0 Å². The van der Waals surface area contributed by atoms with Crippen LogP contribution in [0.4, 0.5) is 0 Å². The Morgan fingerprint density at radius 2 is 1.78 bits per heavy atom. The Kier molecular flexibility index (Phi) is 4.42. The van der Waals surface area contributed by atoms with Gasteiger partial charge in [0.05, 0.1) is 17.4 Å². The van der Waals surface area contributed by atoms with E-state index in [-0.39, 0.29) is 11.9 Å². The first-order valence-electron chi connectivity index (χ1n) is 7.88. The molecule has 0 spiro atoms. The van der Waals surface area contributed by atoms with E-state index < -0.39 is 0 Å². The van der Waals surface area contributed by atoms with Crippen LogP contribution in [0.25, 0.3) is 11.0 Å². The maximum atomic E-state index is 12.8. The van der Waals surface area contributed by atoms with Crippen molar-refractivity contribution in [2.75, 3.05) is 0 Å². The second kappa shape index (κ2) is 6.65. The number of hydrogen-bond donors (Lipinski definition) is 0. The summed E-state index contributed by atoms with van der Waals surface area (Å²) in [5, 5.41) is 0. The lowest BCUT2D eigenvalue weighted by Gasteiger charge is -2.27. The number of fused-ring (bicyclic) bond motifs is 1. The van der Waals surface area contributed by atoms with Gasteiger partial charge in [-0.25, -0.2) is 4.98 Å². The number of aromatic nitrogens is 2. The van der Waals surface area contributed by atoms with E-state index in [0.717, 1.165) is 16.6 Å². The van der Waals surface area contributed by atoms with Gasteiger partial charge in [-0.05, 0) is 31.5 Å². The number of benzene rings is 2. The average molecular weight is 307 g/mol. The zero-order valence-electron chi connectivity index (χ0n) is 13.5. The molecule has 0 atom stereocenters. The molecule has 0 radical (unpaired) electrons. The fourth-order valence-corrected chi connectivity index (χ4v) is 2.71. The number of carbonyl (C=O) groups is 1. The summed E-state index contributed by atoms with van der Waals surface area (Å²) in [6.07, 6.45) is 1.74. The molecule has 0 aliphatic heterocycles. The molecule has 3 aromatic rings. The van der Waals surface area contributed by atoms with Crippen LogP contribution in [0.1, 0.15) is 19.4 Å². The predicted octanol–water partition coefficient (Wildman–Crippen LogP) is 3.47. The van der Waals surface area contributed by atoms with Crippen LogP contribution >= 0.6 is 0 Å². The molecule has 0 N–H and O–H groups in total. The topological polar surface area (TPSA) is 38.1 Å². The Labute approximate surface area is 136 Å². The van der Waals surface area contributed by atoms with Gasteiger partial charge < -0.3 is 9.47 Å². The van der Waals surface area contributed by atoms with Gasteiger partial charge in [0, 0.05) is 12.6 Å². The minimum Gasteiger partial charge on any atom is -0.334 e. The van der Waals surface area contributed by atoms with E-state index in [2.05, 4.69) is 17.1 Å². The van der Waals surface area contributed by atoms with E-state index in [1.165, 1.54) is 0 Å². The molecule has 23 heavy (non-hydrogen) atoms. The molecular weight excluding hydrogens is 286 g/mol. The highest BCUT2D eigenvalue weighted by molar-refractivity contribution is 5.80. The summed E-state index contributed by atoms with van der Waals surface area (Å²) in [7, 11) is 0. The number of rotatable bonds is 5. The fraction of sp³-hybridized carbons (Fsp3) is 0.263. The van der Waals surface area contributed by atoms with Crippen molar-refractivity contribution < 1.29 is 4.79 Å². The third kappa shape index (κ3) is 3.42. The van der Waals surface area contributed by atoms with Crippen LogP contribution in [0.15, 0.2) is 60.9 Å². The second-order valence-corrected chi connectivity index (χ2v) is 5.96. The Morgan fingerprint density at radius 1 is 1.09 bits per heavy atom. The van der Waals surface area contributed by atoms with Crippen LogP contribution in [0, 0.1) is 0 Å². The summed E-state index contributed by atoms with van der Waals surface area (Å²) < 4.78 is 1.91. The quantitative estimate of drug-likeness (QED) is 0.724. The number of para-hydroxylation sites is 2. The van der Waals surface area contributed by atoms with Gasteiger partial charge in [0.25, 0.3) is 0 Å². The zero-order chi connectivity index (χ0) is 16.2. The zero-order valence-corrected chi connectivity index (χ0v) is 13.5. The lowest BCUT2D eigenvalue weighted by molar-refractivity contribution is -0.134. The molecule has 4 heteroatoms. The molecule has 118 valence electrons. The van der Waals surface area contributed by atoms with Crippen molar-refractivity contribution in [2.45, 2.75) is 33.0 Å². The molecule has 0 saturated heterocycles. The van der Waals surface area contributed by atoms with Gasteiger partial charge in [-0.1, -0.05) is 42.5 Å². The van der Waals surface area contributed by atoms with E-state index in [9.17, 15) is 4.79 Å². The van der Waals surface area contributed by atoms with Crippen molar-refractivity contribution in [1.29, 1.82) is 0 Å². The third-order valence-electron chi connectivity index (χ3n) is 3.97. The minimum absolute atomic E-state index is 0.104. The number of hydrogen-bond acceptors (Lipinski definition) is 2. The lowest BCUT2D eigenvalue weighted by Crippen LogP contribution is -2.38. The van der Waals surface area contributed by atoms with Crippen LogP contribution in [-0.4, -0.2) is 26.4 Å². The molecule has 0 fully saturated rings. The van der Waals surface area contributed by atoms with Gasteiger partial charge in [0.15, 0.2) is 0 Å². The minimum atomic E-state index is 0.104. The van der Waals surface area contributed by atoms with Crippen LogP contribution < -0.4 is 0 Å². The summed E-state index contributed by atoms with van der Waals surface area (Å²) in [5.74, 6) is 0.104. The van der Waals surface area contributed by atoms with Gasteiger partial charge >= 0.3 is 0 Å². The number of imidazole rings is 1. The highest BCUT2D eigenvalue weighted by atomic mass is 16.2. The maximum Gasteiger partial charge on any atom is 0.243 e. The number of carbonyl (C=O) groups excluding carboxylic acids is 1. The molecule has 0 bridgehead atoms. The first-order chi connectivity index (χ1) is 11.1. The van der Waals surface area contributed by atoms with E-state index in [0.29, 0.717) is 13.1 Å². The highest BCUT2D eigenvalue weighted by Gasteiger charge is 2.18. The SMILES string of the molecule is CC(C)N(Cc1ccccc1)C(=O)Cn1cnc2ccccc21. The summed E-state index contributed by atoms with van der Waals surface area (Å²) in [6.45, 7) is 5.04. The van der Waals surface area contributed by atoms with Crippen molar-refractivity contribution in [3.8, 4) is 0 Å². The molecule has 4 nitrogen and oxygen atoms in total. The van der Waals surface area contributed by atoms with Crippen LogP contribution in [0.5, 0.6) is 0 Å². The molecule has 0 unspecified atom stereocenters. The first kappa shape index (κ1) is 15.3. The summed E-state index contributed by atoms with van der Waals surface area (Å²) >= 11 is 0. The van der Waals surface area contributed by atoms with Gasteiger partial charge in [0.1, 0.15) is 6.54 Å². The summed E-state index contributed by atoms with van der Waals surface area (Å²) in [5.41, 5.74) is 3.05. The summed E-state index contributed by atoms with van der Waals surface area (Å²) in [6, 6.07) is 18.1. The van der Waals surface area contributed by atoms with E-state index in [1.54, 1.807) is 6.33 Å². The highest BCUT2D eigenvalue weighted by Crippen LogP contribution is 2.14. The first-order valence-corrected chi connectivity index (χ1v) is 7.88.